The normalized spacial score (nSPS) is 10.3. The smallest absolute Gasteiger partial charge is 0.251 e. The minimum absolute atomic E-state index is 0.0749. The Bertz CT molecular complexity index is 493. The van der Waals surface area contributed by atoms with Crippen LogP contribution in [0.3, 0.4) is 0 Å². The van der Waals surface area contributed by atoms with Crippen LogP contribution in [-0.2, 0) is 0 Å². The van der Waals surface area contributed by atoms with E-state index < -0.39 is 0 Å². The summed E-state index contributed by atoms with van der Waals surface area (Å²) in [6.45, 7) is 0.547. The summed E-state index contributed by atoms with van der Waals surface area (Å²) in [5.74, 6) is -0.145. The topological polar surface area (TPSA) is 80.0 Å². The molecule has 2 aromatic rings. The lowest BCUT2D eigenvalue weighted by Gasteiger charge is -2.05. The summed E-state index contributed by atoms with van der Waals surface area (Å²) in [5, 5.41) is 15.3. The first-order valence-corrected chi connectivity index (χ1v) is 5.65. The molecule has 1 aromatic heterocycles. The molecular formula is C12H14N4O2. The number of carbonyl (C=O) groups excluding carboxylic acids is 1. The molecule has 0 aliphatic rings. The average molecular weight is 246 g/mol. The van der Waals surface area contributed by atoms with Crippen LogP contribution in [0, 0.1) is 0 Å². The Kier molecular flexibility index (Phi) is 4.03. The highest BCUT2D eigenvalue weighted by Crippen LogP contribution is 2.07. The van der Waals surface area contributed by atoms with E-state index in [0.717, 1.165) is 5.69 Å². The zero-order valence-corrected chi connectivity index (χ0v) is 9.78. The monoisotopic (exact) mass is 246 g/mol. The van der Waals surface area contributed by atoms with E-state index in [1.165, 1.54) is 6.33 Å². The van der Waals surface area contributed by atoms with E-state index in [4.69, 9.17) is 5.11 Å². The highest BCUT2D eigenvalue weighted by molar-refractivity contribution is 5.94. The second kappa shape index (κ2) is 5.92. The van der Waals surface area contributed by atoms with Crippen molar-refractivity contribution in [2.24, 2.45) is 0 Å². The van der Waals surface area contributed by atoms with Gasteiger partial charge in [0.25, 0.3) is 5.91 Å². The molecule has 1 aromatic carbocycles. The van der Waals surface area contributed by atoms with Gasteiger partial charge in [-0.3, -0.25) is 4.79 Å². The molecule has 1 heterocycles. The van der Waals surface area contributed by atoms with Gasteiger partial charge in [-0.1, -0.05) is 0 Å². The first kappa shape index (κ1) is 12.3. The fourth-order valence-electron chi connectivity index (χ4n) is 1.49. The third-order valence-corrected chi connectivity index (χ3v) is 2.43. The van der Waals surface area contributed by atoms with Crippen molar-refractivity contribution in [2.75, 3.05) is 13.2 Å². The standard InChI is InChI=1S/C12H14N4O2/c17-7-1-6-14-12(18)10-2-4-11(5-3-10)16-9-13-8-15-16/h2-5,8-9,17H,1,6-7H2,(H,14,18). The molecule has 0 spiro atoms. The van der Waals surface area contributed by atoms with E-state index in [0.29, 0.717) is 18.5 Å². The van der Waals surface area contributed by atoms with Gasteiger partial charge in [0.15, 0.2) is 0 Å². The minimum atomic E-state index is -0.145. The van der Waals surface area contributed by atoms with E-state index in [-0.39, 0.29) is 12.5 Å². The van der Waals surface area contributed by atoms with Gasteiger partial charge in [0.1, 0.15) is 12.7 Å². The number of nitrogens with one attached hydrogen (secondary N) is 1. The zero-order chi connectivity index (χ0) is 12.8. The highest BCUT2D eigenvalue weighted by atomic mass is 16.3. The van der Waals surface area contributed by atoms with E-state index in [1.54, 1.807) is 35.3 Å². The van der Waals surface area contributed by atoms with Crippen LogP contribution in [0.1, 0.15) is 16.8 Å². The van der Waals surface area contributed by atoms with Crippen LogP contribution in [-0.4, -0.2) is 38.9 Å². The molecule has 94 valence electrons. The molecule has 2 N–H and O–H groups in total. The second-order valence-corrected chi connectivity index (χ2v) is 3.72. The molecule has 0 aliphatic heterocycles. The van der Waals surface area contributed by atoms with Crippen LogP contribution in [0.5, 0.6) is 0 Å². The lowest BCUT2D eigenvalue weighted by atomic mass is 10.2. The van der Waals surface area contributed by atoms with Crippen LogP contribution >= 0.6 is 0 Å². The van der Waals surface area contributed by atoms with Gasteiger partial charge in [-0.25, -0.2) is 9.67 Å². The van der Waals surface area contributed by atoms with Gasteiger partial charge in [0, 0.05) is 18.7 Å². The first-order chi connectivity index (χ1) is 8.81. The third-order valence-electron chi connectivity index (χ3n) is 2.43. The van der Waals surface area contributed by atoms with Gasteiger partial charge in [0.05, 0.1) is 5.69 Å². The van der Waals surface area contributed by atoms with Crippen molar-refractivity contribution in [3.05, 3.63) is 42.5 Å². The van der Waals surface area contributed by atoms with Crippen molar-refractivity contribution in [1.29, 1.82) is 0 Å². The van der Waals surface area contributed by atoms with E-state index >= 15 is 0 Å². The molecule has 0 unspecified atom stereocenters. The van der Waals surface area contributed by atoms with Gasteiger partial charge >= 0.3 is 0 Å². The Morgan fingerprint density at radius 3 is 2.72 bits per heavy atom. The summed E-state index contributed by atoms with van der Waals surface area (Å²) in [5.41, 5.74) is 1.43. The molecule has 2 rings (SSSR count). The van der Waals surface area contributed by atoms with Crippen molar-refractivity contribution in [3.8, 4) is 5.69 Å². The molecule has 0 saturated heterocycles. The second-order valence-electron chi connectivity index (χ2n) is 3.72. The first-order valence-electron chi connectivity index (χ1n) is 5.65. The number of hydrogen-bond donors (Lipinski definition) is 2. The van der Waals surface area contributed by atoms with E-state index in [2.05, 4.69) is 15.4 Å². The summed E-state index contributed by atoms with van der Waals surface area (Å²) in [4.78, 5) is 15.5. The molecule has 6 nitrogen and oxygen atoms in total. The van der Waals surface area contributed by atoms with Crippen LogP contribution in [0.4, 0.5) is 0 Å². The van der Waals surface area contributed by atoms with Crippen molar-refractivity contribution in [3.63, 3.8) is 0 Å². The van der Waals surface area contributed by atoms with Gasteiger partial charge in [-0.05, 0) is 30.7 Å². The quantitative estimate of drug-likeness (QED) is 0.747. The van der Waals surface area contributed by atoms with Gasteiger partial charge in [0.2, 0.25) is 0 Å². The number of rotatable bonds is 5. The minimum Gasteiger partial charge on any atom is -0.396 e. The highest BCUT2D eigenvalue weighted by Gasteiger charge is 2.05. The SMILES string of the molecule is O=C(NCCCO)c1ccc(-n2cncn2)cc1. The van der Waals surface area contributed by atoms with E-state index in [1.807, 2.05) is 0 Å². The Morgan fingerprint density at radius 2 is 2.11 bits per heavy atom. The summed E-state index contributed by atoms with van der Waals surface area (Å²) in [6.07, 6.45) is 3.61. The molecule has 6 heteroatoms. The van der Waals surface area contributed by atoms with Crippen LogP contribution in [0.25, 0.3) is 5.69 Å². The molecule has 0 fully saturated rings. The van der Waals surface area contributed by atoms with Gasteiger partial charge in [-0.15, -0.1) is 0 Å². The average Bonchev–Trinajstić information content (AvgIpc) is 2.93. The van der Waals surface area contributed by atoms with Crippen molar-refractivity contribution in [2.45, 2.75) is 6.42 Å². The number of amides is 1. The lowest BCUT2D eigenvalue weighted by Crippen LogP contribution is -2.24. The summed E-state index contributed by atoms with van der Waals surface area (Å²) in [7, 11) is 0. The van der Waals surface area contributed by atoms with Crippen molar-refractivity contribution >= 4 is 5.91 Å². The number of aliphatic hydroxyl groups excluding tert-OH is 1. The number of benzene rings is 1. The fourth-order valence-corrected chi connectivity index (χ4v) is 1.49. The fraction of sp³-hybridized carbons (Fsp3) is 0.250. The van der Waals surface area contributed by atoms with Crippen LogP contribution in [0.2, 0.25) is 0 Å². The summed E-state index contributed by atoms with van der Waals surface area (Å²) < 4.78 is 1.62. The van der Waals surface area contributed by atoms with Crippen molar-refractivity contribution < 1.29 is 9.90 Å². The number of aromatic nitrogens is 3. The number of nitrogens with zero attached hydrogens (tertiary/aromatic N) is 3. The number of hydrogen-bond acceptors (Lipinski definition) is 4. The van der Waals surface area contributed by atoms with Gasteiger partial charge < -0.3 is 10.4 Å². The van der Waals surface area contributed by atoms with Crippen molar-refractivity contribution in [1.82, 2.24) is 20.1 Å². The molecule has 0 aliphatic carbocycles. The maximum atomic E-state index is 11.7. The lowest BCUT2D eigenvalue weighted by molar-refractivity contribution is 0.0951. The zero-order valence-electron chi connectivity index (χ0n) is 9.78. The molecule has 0 radical (unpaired) electrons. The Morgan fingerprint density at radius 1 is 1.33 bits per heavy atom. The Hall–Kier alpha value is -2.21. The third kappa shape index (κ3) is 2.92. The molecule has 0 saturated carbocycles. The molecule has 0 atom stereocenters. The number of aliphatic hydroxyl groups is 1. The molecular weight excluding hydrogens is 232 g/mol. The van der Waals surface area contributed by atoms with Crippen LogP contribution in [0.15, 0.2) is 36.9 Å². The Balaban J connectivity index is 2.01. The van der Waals surface area contributed by atoms with Gasteiger partial charge in [-0.2, -0.15) is 5.10 Å². The molecule has 18 heavy (non-hydrogen) atoms. The molecule has 1 amide bonds. The maximum absolute atomic E-state index is 11.7. The summed E-state index contributed by atoms with van der Waals surface area (Å²) in [6, 6.07) is 7.06. The predicted octanol–water partition coefficient (Wildman–Crippen LogP) is 0.379. The summed E-state index contributed by atoms with van der Waals surface area (Å²) >= 11 is 0. The predicted molar refractivity (Wildman–Crippen MR) is 65.4 cm³/mol. The molecule has 0 bridgehead atoms. The van der Waals surface area contributed by atoms with E-state index in [9.17, 15) is 4.79 Å². The maximum Gasteiger partial charge on any atom is 0.251 e. The number of carbonyl (C=O) groups is 1. The Labute approximate surface area is 104 Å². The largest absolute Gasteiger partial charge is 0.396 e. The van der Waals surface area contributed by atoms with Crippen LogP contribution < -0.4 is 5.32 Å².